The van der Waals surface area contributed by atoms with Gasteiger partial charge in [-0.25, -0.2) is 13.8 Å². The van der Waals surface area contributed by atoms with E-state index in [4.69, 9.17) is 10.5 Å². The Balaban J connectivity index is 1.42. The maximum absolute atomic E-state index is 14.2. The van der Waals surface area contributed by atoms with Crippen molar-refractivity contribution in [3.05, 3.63) is 59.4 Å². The SMILES string of the molecule is CC[C@]1(C)CC(=O)N(C(c2cncc(F)c2)[C@@H]2C[C@H]2C(=O)NC2CC(C)(C)Oc3ccc(F)cc32)C(N)=N1. The zero-order valence-electron chi connectivity index (χ0n) is 22.0. The summed E-state index contributed by atoms with van der Waals surface area (Å²) in [6, 6.07) is 4.47. The van der Waals surface area contributed by atoms with Crippen LogP contribution in [0.2, 0.25) is 0 Å². The standard InChI is InChI=1S/C28H33F2N5O3/c1-5-28(4)12-23(36)35(26(31)34-28)24(15-8-17(30)14-32-13-15)18-10-19(18)25(37)33-21-11-27(2,3)38-22-7-6-16(29)9-20(21)22/h6-9,13-14,18-19,21,24H,5,10-12H2,1-4H3,(H2,31,34)(H,33,37)/t18-,19-,21?,24?,28-/m1/s1. The van der Waals surface area contributed by atoms with Crippen LogP contribution in [-0.4, -0.2) is 38.8 Å². The topological polar surface area (TPSA) is 110 Å². The Morgan fingerprint density at radius 1 is 1.24 bits per heavy atom. The van der Waals surface area contributed by atoms with Crippen LogP contribution < -0.4 is 15.8 Å². The first-order valence-electron chi connectivity index (χ1n) is 13.0. The average Bonchev–Trinajstić information content (AvgIpc) is 3.62. The Labute approximate surface area is 220 Å². The van der Waals surface area contributed by atoms with Crippen LogP contribution in [-0.2, 0) is 9.59 Å². The first-order valence-corrected chi connectivity index (χ1v) is 13.0. The van der Waals surface area contributed by atoms with Crippen molar-refractivity contribution in [3.63, 3.8) is 0 Å². The minimum atomic E-state index is -0.692. The number of fused-ring (bicyclic) bond motifs is 1. The molecule has 3 aliphatic rings. The molecular weight excluding hydrogens is 492 g/mol. The van der Waals surface area contributed by atoms with E-state index in [0.717, 1.165) is 6.20 Å². The fourth-order valence-corrected chi connectivity index (χ4v) is 5.69. The van der Waals surface area contributed by atoms with Gasteiger partial charge in [0.25, 0.3) is 0 Å². The lowest BCUT2D eigenvalue weighted by atomic mass is 9.89. The molecule has 5 atom stereocenters. The van der Waals surface area contributed by atoms with Gasteiger partial charge in [0.05, 0.1) is 30.2 Å². The van der Waals surface area contributed by atoms with Crippen molar-refractivity contribution in [2.24, 2.45) is 22.6 Å². The number of amides is 2. The molecule has 0 spiro atoms. The lowest BCUT2D eigenvalue weighted by Gasteiger charge is -2.39. The Hall–Kier alpha value is -3.56. The van der Waals surface area contributed by atoms with Gasteiger partial charge < -0.3 is 15.8 Å². The van der Waals surface area contributed by atoms with E-state index in [1.807, 2.05) is 27.7 Å². The number of nitrogens with two attached hydrogens (primary N) is 1. The number of aromatic nitrogens is 1. The number of rotatable bonds is 6. The largest absolute Gasteiger partial charge is 0.487 e. The fraction of sp³-hybridized carbons (Fsp3) is 0.500. The molecule has 0 saturated heterocycles. The molecule has 0 radical (unpaired) electrons. The van der Waals surface area contributed by atoms with E-state index >= 15 is 0 Å². The molecule has 2 amide bonds. The number of nitrogens with zero attached hydrogens (tertiary/aromatic N) is 3. The van der Waals surface area contributed by atoms with Crippen LogP contribution in [0.3, 0.4) is 0 Å². The number of aliphatic imine (C=N–C) groups is 1. The maximum Gasteiger partial charge on any atom is 0.232 e. The first-order chi connectivity index (χ1) is 17.9. The Bertz CT molecular complexity index is 1320. The molecule has 2 aromatic rings. The Morgan fingerprint density at radius 3 is 2.68 bits per heavy atom. The minimum absolute atomic E-state index is 0.0569. The number of pyridine rings is 1. The van der Waals surface area contributed by atoms with Crippen LogP contribution in [0.15, 0.2) is 41.7 Å². The fourth-order valence-electron chi connectivity index (χ4n) is 5.69. The molecule has 3 heterocycles. The maximum atomic E-state index is 14.2. The summed E-state index contributed by atoms with van der Waals surface area (Å²) in [5, 5.41) is 3.07. The van der Waals surface area contributed by atoms with Crippen LogP contribution in [0.4, 0.5) is 8.78 Å². The van der Waals surface area contributed by atoms with E-state index in [1.54, 1.807) is 6.07 Å². The highest BCUT2D eigenvalue weighted by molar-refractivity contribution is 5.99. The second kappa shape index (κ2) is 9.32. The number of ether oxygens (including phenoxy) is 1. The predicted octanol–water partition coefficient (Wildman–Crippen LogP) is 4.17. The number of halogens is 2. The zero-order valence-corrected chi connectivity index (χ0v) is 22.0. The highest BCUT2D eigenvalue weighted by Gasteiger charge is 2.53. The molecule has 1 saturated carbocycles. The summed E-state index contributed by atoms with van der Waals surface area (Å²) in [4.78, 5) is 36.8. The minimum Gasteiger partial charge on any atom is -0.487 e. The summed E-state index contributed by atoms with van der Waals surface area (Å²) in [7, 11) is 0. The summed E-state index contributed by atoms with van der Waals surface area (Å²) in [5.41, 5.74) is 6.20. The van der Waals surface area contributed by atoms with Crippen molar-refractivity contribution >= 4 is 17.8 Å². The molecule has 5 rings (SSSR count). The number of nitrogens with one attached hydrogen (secondary N) is 1. The van der Waals surface area contributed by atoms with Crippen molar-refractivity contribution in [3.8, 4) is 5.75 Å². The third kappa shape index (κ3) is 4.96. The predicted molar refractivity (Wildman–Crippen MR) is 137 cm³/mol. The number of benzene rings is 1. The molecule has 38 heavy (non-hydrogen) atoms. The van der Waals surface area contributed by atoms with Crippen molar-refractivity contribution in [2.75, 3.05) is 0 Å². The number of hydrogen-bond donors (Lipinski definition) is 2. The van der Waals surface area contributed by atoms with Crippen LogP contribution in [0, 0.1) is 23.5 Å². The number of hydrogen-bond acceptors (Lipinski definition) is 6. The second-order valence-electron chi connectivity index (χ2n) is 11.5. The van der Waals surface area contributed by atoms with Crippen molar-refractivity contribution in [1.29, 1.82) is 0 Å². The van der Waals surface area contributed by atoms with Gasteiger partial charge in [-0.2, -0.15) is 0 Å². The van der Waals surface area contributed by atoms with Gasteiger partial charge in [0.1, 0.15) is 23.0 Å². The quantitative estimate of drug-likeness (QED) is 0.588. The molecular formula is C28H33F2N5O3. The van der Waals surface area contributed by atoms with Crippen LogP contribution in [0.1, 0.15) is 76.6 Å². The van der Waals surface area contributed by atoms with Gasteiger partial charge in [-0.15, -0.1) is 0 Å². The summed E-state index contributed by atoms with van der Waals surface area (Å²) < 4.78 is 34.3. The van der Waals surface area contributed by atoms with Crippen molar-refractivity contribution in [1.82, 2.24) is 15.2 Å². The van der Waals surface area contributed by atoms with Gasteiger partial charge in [0, 0.05) is 24.1 Å². The highest BCUT2D eigenvalue weighted by Crippen LogP contribution is 2.52. The number of guanidine groups is 1. The van der Waals surface area contributed by atoms with E-state index in [0.29, 0.717) is 36.1 Å². The summed E-state index contributed by atoms with van der Waals surface area (Å²) in [6.07, 6.45) is 4.31. The zero-order chi connectivity index (χ0) is 27.4. The van der Waals surface area contributed by atoms with Gasteiger partial charge in [0.2, 0.25) is 11.8 Å². The van der Waals surface area contributed by atoms with Gasteiger partial charge in [-0.3, -0.25) is 19.5 Å². The molecule has 8 nitrogen and oxygen atoms in total. The monoisotopic (exact) mass is 525 g/mol. The summed E-state index contributed by atoms with van der Waals surface area (Å²) in [6.45, 7) is 7.65. The molecule has 1 fully saturated rings. The highest BCUT2D eigenvalue weighted by atomic mass is 19.1. The third-order valence-electron chi connectivity index (χ3n) is 7.87. The molecule has 3 N–H and O–H groups in total. The average molecular weight is 526 g/mol. The van der Waals surface area contributed by atoms with E-state index in [2.05, 4.69) is 15.3 Å². The van der Waals surface area contributed by atoms with Gasteiger partial charge in [-0.05, 0) is 69.4 Å². The van der Waals surface area contributed by atoms with E-state index in [1.165, 1.54) is 29.3 Å². The van der Waals surface area contributed by atoms with E-state index in [-0.39, 0.29) is 30.1 Å². The molecule has 202 valence electrons. The third-order valence-corrected chi connectivity index (χ3v) is 7.87. The number of carbonyl (C=O) groups excluding carboxylic acids is 2. The smallest absolute Gasteiger partial charge is 0.232 e. The molecule has 1 aliphatic carbocycles. The Kier molecular flexibility index (Phi) is 6.39. The van der Waals surface area contributed by atoms with Crippen molar-refractivity contribution in [2.45, 2.75) is 76.6 Å². The normalized spacial score (nSPS) is 28.6. The van der Waals surface area contributed by atoms with Gasteiger partial charge in [0.15, 0.2) is 5.96 Å². The first kappa shape index (κ1) is 26.1. The lowest BCUT2D eigenvalue weighted by Crippen LogP contribution is -2.52. The molecule has 1 aromatic heterocycles. The van der Waals surface area contributed by atoms with Gasteiger partial charge in [-0.1, -0.05) is 6.92 Å². The van der Waals surface area contributed by atoms with E-state index < -0.39 is 40.8 Å². The Morgan fingerprint density at radius 2 is 2.00 bits per heavy atom. The van der Waals surface area contributed by atoms with Crippen LogP contribution in [0.5, 0.6) is 5.75 Å². The second-order valence-corrected chi connectivity index (χ2v) is 11.5. The van der Waals surface area contributed by atoms with Crippen LogP contribution >= 0.6 is 0 Å². The molecule has 2 unspecified atom stereocenters. The molecule has 1 aromatic carbocycles. The van der Waals surface area contributed by atoms with Gasteiger partial charge >= 0.3 is 0 Å². The number of carbonyl (C=O) groups is 2. The van der Waals surface area contributed by atoms with Crippen LogP contribution in [0.25, 0.3) is 0 Å². The summed E-state index contributed by atoms with van der Waals surface area (Å²) >= 11 is 0. The lowest BCUT2D eigenvalue weighted by molar-refractivity contribution is -0.132. The molecule has 10 heteroatoms. The molecule has 2 aliphatic heterocycles. The summed E-state index contributed by atoms with van der Waals surface area (Å²) in [5.74, 6) is -1.58. The molecule has 0 bridgehead atoms. The van der Waals surface area contributed by atoms with E-state index in [9.17, 15) is 18.4 Å². The van der Waals surface area contributed by atoms with Crippen molar-refractivity contribution < 1.29 is 23.1 Å².